The van der Waals surface area contributed by atoms with Gasteiger partial charge in [0.1, 0.15) is 11.5 Å². The fraction of sp³-hybridized carbons (Fsp3) is 0.176. The second-order valence-electron chi connectivity index (χ2n) is 4.57. The number of anilines is 2. The Labute approximate surface area is 134 Å². The molecule has 2 aromatic rings. The smallest absolute Gasteiger partial charge is 0.314 e. The van der Waals surface area contributed by atoms with Crippen molar-refractivity contribution < 1.29 is 19.1 Å². The van der Waals surface area contributed by atoms with Gasteiger partial charge in [0.15, 0.2) is 0 Å². The van der Waals surface area contributed by atoms with Crippen LogP contribution in [0.4, 0.5) is 11.4 Å². The number of carbonyl (C=O) groups is 2. The van der Waals surface area contributed by atoms with Crippen molar-refractivity contribution in [1.82, 2.24) is 0 Å². The molecule has 2 rings (SSSR count). The van der Waals surface area contributed by atoms with E-state index in [4.69, 9.17) is 9.47 Å². The van der Waals surface area contributed by atoms with Crippen LogP contribution in [0.25, 0.3) is 0 Å². The number of rotatable bonds is 5. The zero-order valence-corrected chi connectivity index (χ0v) is 13.0. The van der Waals surface area contributed by atoms with Crippen molar-refractivity contribution in [3.8, 4) is 11.5 Å². The average Bonchev–Trinajstić information content (AvgIpc) is 2.57. The summed E-state index contributed by atoms with van der Waals surface area (Å²) in [7, 11) is 1.53. The molecular weight excluding hydrogens is 296 g/mol. The SMILES string of the molecule is CCOc1ccccc1NC(=O)C(=O)Nc1cccc(OC)c1. The van der Waals surface area contributed by atoms with E-state index in [1.807, 2.05) is 6.92 Å². The van der Waals surface area contributed by atoms with Crippen LogP contribution in [-0.2, 0) is 9.59 Å². The molecule has 2 aromatic carbocycles. The van der Waals surface area contributed by atoms with Gasteiger partial charge in [-0.1, -0.05) is 18.2 Å². The number of nitrogens with one attached hydrogen (secondary N) is 2. The predicted octanol–water partition coefficient (Wildman–Crippen LogP) is 2.67. The number of amides is 2. The first kappa shape index (κ1) is 16.4. The Morgan fingerprint density at radius 3 is 2.48 bits per heavy atom. The van der Waals surface area contributed by atoms with Gasteiger partial charge in [0.05, 0.1) is 19.4 Å². The molecule has 23 heavy (non-hydrogen) atoms. The summed E-state index contributed by atoms with van der Waals surface area (Å²) >= 11 is 0. The summed E-state index contributed by atoms with van der Waals surface area (Å²) < 4.78 is 10.5. The van der Waals surface area contributed by atoms with Gasteiger partial charge in [-0.05, 0) is 31.2 Å². The molecule has 0 radical (unpaired) electrons. The molecule has 6 nitrogen and oxygen atoms in total. The summed E-state index contributed by atoms with van der Waals surface area (Å²) in [4.78, 5) is 24.0. The van der Waals surface area contributed by atoms with Gasteiger partial charge >= 0.3 is 11.8 Å². The lowest BCUT2D eigenvalue weighted by atomic mass is 10.2. The minimum Gasteiger partial charge on any atom is -0.497 e. The van der Waals surface area contributed by atoms with Gasteiger partial charge in [-0.25, -0.2) is 0 Å². The predicted molar refractivity (Wildman–Crippen MR) is 87.9 cm³/mol. The highest BCUT2D eigenvalue weighted by Gasteiger charge is 2.16. The Morgan fingerprint density at radius 2 is 1.74 bits per heavy atom. The fourth-order valence-electron chi connectivity index (χ4n) is 1.92. The number of hydrogen-bond donors (Lipinski definition) is 2. The first-order chi connectivity index (χ1) is 11.1. The molecular formula is C17H18N2O4. The van der Waals surface area contributed by atoms with E-state index in [-0.39, 0.29) is 0 Å². The van der Waals surface area contributed by atoms with Crippen molar-refractivity contribution in [3.05, 3.63) is 48.5 Å². The third-order valence-electron chi connectivity index (χ3n) is 2.97. The van der Waals surface area contributed by atoms with E-state index in [0.717, 1.165) is 0 Å². The van der Waals surface area contributed by atoms with E-state index < -0.39 is 11.8 Å². The Balaban J connectivity index is 2.04. The molecule has 6 heteroatoms. The van der Waals surface area contributed by atoms with Gasteiger partial charge in [0, 0.05) is 11.8 Å². The molecule has 0 spiro atoms. The van der Waals surface area contributed by atoms with Crippen LogP contribution in [-0.4, -0.2) is 25.5 Å². The molecule has 0 heterocycles. The lowest BCUT2D eigenvalue weighted by Crippen LogP contribution is -2.29. The number of para-hydroxylation sites is 2. The molecule has 120 valence electrons. The summed E-state index contributed by atoms with van der Waals surface area (Å²) in [5.41, 5.74) is 0.919. The van der Waals surface area contributed by atoms with Gasteiger partial charge < -0.3 is 20.1 Å². The molecule has 0 saturated carbocycles. The summed E-state index contributed by atoms with van der Waals surface area (Å²) in [6.07, 6.45) is 0. The molecule has 2 amide bonds. The van der Waals surface area contributed by atoms with Crippen LogP contribution in [0.3, 0.4) is 0 Å². The zero-order valence-electron chi connectivity index (χ0n) is 13.0. The summed E-state index contributed by atoms with van der Waals surface area (Å²) in [6.45, 7) is 2.30. The number of carbonyl (C=O) groups excluding carboxylic acids is 2. The van der Waals surface area contributed by atoms with E-state index in [0.29, 0.717) is 29.5 Å². The molecule has 0 bridgehead atoms. The Morgan fingerprint density at radius 1 is 1.00 bits per heavy atom. The largest absolute Gasteiger partial charge is 0.497 e. The first-order valence-corrected chi connectivity index (χ1v) is 7.12. The summed E-state index contributed by atoms with van der Waals surface area (Å²) in [5.74, 6) is -0.452. The highest BCUT2D eigenvalue weighted by molar-refractivity contribution is 6.43. The number of benzene rings is 2. The molecule has 0 saturated heterocycles. The number of hydrogen-bond acceptors (Lipinski definition) is 4. The molecule has 0 unspecified atom stereocenters. The Hall–Kier alpha value is -3.02. The summed E-state index contributed by atoms with van der Waals surface area (Å²) in [5, 5.41) is 5.05. The maximum Gasteiger partial charge on any atom is 0.314 e. The molecule has 0 fully saturated rings. The van der Waals surface area contributed by atoms with E-state index in [2.05, 4.69) is 10.6 Å². The highest BCUT2D eigenvalue weighted by atomic mass is 16.5. The van der Waals surface area contributed by atoms with Crippen LogP contribution in [0, 0.1) is 0 Å². The van der Waals surface area contributed by atoms with Crippen LogP contribution in [0.1, 0.15) is 6.92 Å². The van der Waals surface area contributed by atoms with Gasteiger partial charge in [-0.2, -0.15) is 0 Å². The van der Waals surface area contributed by atoms with E-state index in [1.54, 1.807) is 48.5 Å². The van der Waals surface area contributed by atoms with Crippen LogP contribution in [0.5, 0.6) is 11.5 Å². The van der Waals surface area contributed by atoms with E-state index in [1.165, 1.54) is 7.11 Å². The maximum absolute atomic E-state index is 12.0. The third-order valence-corrected chi connectivity index (χ3v) is 2.97. The van der Waals surface area contributed by atoms with Crippen molar-refractivity contribution in [3.63, 3.8) is 0 Å². The molecule has 2 N–H and O–H groups in total. The standard InChI is InChI=1S/C17H18N2O4/c1-3-23-15-10-5-4-9-14(15)19-17(21)16(20)18-12-7-6-8-13(11-12)22-2/h4-11H,3H2,1-2H3,(H,18,20)(H,19,21). The molecule has 0 aromatic heterocycles. The van der Waals surface area contributed by atoms with Crippen LogP contribution in [0.15, 0.2) is 48.5 Å². The number of ether oxygens (including phenoxy) is 2. The summed E-state index contributed by atoms with van der Waals surface area (Å²) in [6, 6.07) is 13.7. The topological polar surface area (TPSA) is 76.7 Å². The van der Waals surface area contributed by atoms with Crippen molar-refractivity contribution in [1.29, 1.82) is 0 Å². The molecule has 0 aliphatic carbocycles. The second-order valence-corrected chi connectivity index (χ2v) is 4.57. The normalized spacial score (nSPS) is 9.83. The molecule has 0 atom stereocenters. The maximum atomic E-state index is 12.0. The van der Waals surface area contributed by atoms with Crippen molar-refractivity contribution in [2.24, 2.45) is 0 Å². The van der Waals surface area contributed by atoms with Crippen molar-refractivity contribution in [2.75, 3.05) is 24.4 Å². The lowest BCUT2D eigenvalue weighted by Gasteiger charge is -2.11. The first-order valence-electron chi connectivity index (χ1n) is 7.12. The van der Waals surface area contributed by atoms with Crippen LogP contribution >= 0.6 is 0 Å². The zero-order chi connectivity index (χ0) is 16.7. The minimum atomic E-state index is -0.778. The third kappa shape index (κ3) is 4.47. The van der Waals surface area contributed by atoms with Gasteiger partial charge in [-0.15, -0.1) is 0 Å². The Bertz CT molecular complexity index is 700. The van der Waals surface area contributed by atoms with Crippen molar-refractivity contribution in [2.45, 2.75) is 6.92 Å². The van der Waals surface area contributed by atoms with E-state index in [9.17, 15) is 9.59 Å². The number of methoxy groups -OCH3 is 1. The molecule has 0 aliphatic heterocycles. The van der Waals surface area contributed by atoms with Crippen LogP contribution in [0.2, 0.25) is 0 Å². The van der Waals surface area contributed by atoms with E-state index >= 15 is 0 Å². The van der Waals surface area contributed by atoms with Gasteiger partial charge in [0.25, 0.3) is 0 Å². The quantitative estimate of drug-likeness (QED) is 0.832. The molecule has 0 aliphatic rings. The van der Waals surface area contributed by atoms with Gasteiger partial charge in [0.2, 0.25) is 0 Å². The minimum absolute atomic E-state index is 0.445. The average molecular weight is 314 g/mol. The Kier molecular flexibility index (Phi) is 5.57. The monoisotopic (exact) mass is 314 g/mol. The van der Waals surface area contributed by atoms with Crippen molar-refractivity contribution >= 4 is 23.2 Å². The van der Waals surface area contributed by atoms with Crippen LogP contribution < -0.4 is 20.1 Å². The highest BCUT2D eigenvalue weighted by Crippen LogP contribution is 2.23. The fourth-order valence-corrected chi connectivity index (χ4v) is 1.92. The lowest BCUT2D eigenvalue weighted by molar-refractivity contribution is -0.133. The van der Waals surface area contributed by atoms with Gasteiger partial charge in [-0.3, -0.25) is 9.59 Å². The second kappa shape index (κ2) is 7.84.